The van der Waals surface area contributed by atoms with Crippen LogP contribution < -0.4 is 14.8 Å². The molecule has 2 rings (SSSR count). The van der Waals surface area contributed by atoms with Crippen LogP contribution >= 0.6 is 0 Å². The summed E-state index contributed by atoms with van der Waals surface area (Å²) >= 11 is 0. The molecule has 0 spiro atoms. The maximum absolute atomic E-state index is 10.5. The van der Waals surface area contributed by atoms with Gasteiger partial charge in [0.25, 0.3) is 0 Å². The fourth-order valence-corrected chi connectivity index (χ4v) is 3.04. The summed E-state index contributed by atoms with van der Waals surface area (Å²) in [6.45, 7) is 7.80. The molecule has 0 saturated heterocycles. The zero-order valence-electron chi connectivity index (χ0n) is 16.2. The van der Waals surface area contributed by atoms with Crippen LogP contribution in [0, 0.1) is 0 Å². The zero-order chi connectivity index (χ0) is 19.5. The number of benzene rings is 1. The minimum absolute atomic E-state index is 0.00659. The lowest BCUT2D eigenvalue weighted by Crippen LogP contribution is -2.25. The highest BCUT2D eigenvalue weighted by Gasteiger charge is 2.23. The lowest BCUT2D eigenvalue weighted by Gasteiger charge is -2.27. The third-order valence-corrected chi connectivity index (χ3v) is 4.37. The number of carbonyl (C=O) groups is 1. The van der Waals surface area contributed by atoms with Crippen LogP contribution in [0.3, 0.4) is 0 Å². The molecule has 1 atom stereocenters. The van der Waals surface area contributed by atoms with E-state index in [1.165, 1.54) is 0 Å². The number of carbonyl (C=O) groups excluding carboxylic acids is 1. The number of aldehydes is 1. The largest absolute Gasteiger partial charge is 0.497 e. The highest BCUT2D eigenvalue weighted by Crippen LogP contribution is 2.39. The molecule has 1 aliphatic heterocycles. The van der Waals surface area contributed by atoms with Gasteiger partial charge in [-0.1, -0.05) is 37.8 Å². The number of hydrogen-bond acceptors (Lipinski definition) is 4. The highest BCUT2D eigenvalue weighted by atomic mass is 16.5. The van der Waals surface area contributed by atoms with Crippen molar-refractivity contribution >= 4 is 11.9 Å². The van der Waals surface area contributed by atoms with Gasteiger partial charge in [0.2, 0.25) is 0 Å². The molecular formula is C23H29NO3. The van der Waals surface area contributed by atoms with Gasteiger partial charge in [-0.25, -0.2) is 0 Å². The van der Waals surface area contributed by atoms with Crippen LogP contribution in [0.25, 0.3) is 5.57 Å². The van der Waals surface area contributed by atoms with Gasteiger partial charge in [-0.05, 0) is 54.9 Å². The lowest BCUT2D eigenvalue weighted by atomic mass is 9.90. The molecule has 1 N–H and O–H groups in total. The molecule has 0 radical (unpaired) electrons. The van der Waals surface area contributed by atoms with Crippen LogP contribution in [0.1, 0.15) is 31.7 Å². The summed E-state index contributed by atoms with van der Waals surface area (Å²) in [7, 11) is 1.66. The van der Waals surface area contributed by atoms with Crippen LogP contribution in [0.2, 0.25) is 0 Å². The molecule has 0 saturated carbocycles. The zero-order valence-corrected chi connectivity index (χ0v) is 16.2. The average molecular weight is 367 g/mol. The first-order valence-corrected chi connectivity index (χ1v) is 9.41. The number of ether oxygens (including phenoxy) is 2. The molecule has 4 heteroatoms. The van der Waals surface area contributed by atoms with E-state index in [0.29, 0.717) is 6.42 Å². The fourth-order valence-electron chi connectivity index (χ4n) is 3.04. The van der Waals surface area contributed by atoms with E-state index in [2.05, 4.69) is 24.9 Å². The number of methoxy groups -OCH3 is 1. The third kappa shape index (κ3) is 5.97. The summed E-state index contributed by atoms with van der Waals surface area (Å²) in [6.07, 6.45) is 12.9. The average Bonchev–Trinajstić information content (AvgIpc) is 2.69. The molecule has 1 unspecified atom stereocenters. The topological polar surface area (TPSA) is 47.6 Å². The number of rotatable bonds is 11. The monoisotopic (exact) mass is 367 g/mol. The minimum atomic E-state index is 0.00659. The predicted octanol–water partition coefficient (Wildman–Crippen LogP) is 4.49. The van der Waals surface area contributed by atoms with Gasteiger partial charge in [0.1, 0.15) is 23.9 Å². The molecule has 1 aliphatic rings. The molecule has 1 aromatic carbocycles. The normalized spacial score (nSPS) is 16.4. The van der Waals surface area contributed by atoms with Crippen molar-refractivity contribution in [3.8, 4) is 11.5 Å². The van der Waals surface area contributed by atoms with Gasteiger partial charge in [0.05, 0.1) is 7.11 Å². The Hall–Kier alpha value is -2.59. The third-order valence-electron chi connectivity index (χ3n) is 4.37. The molecule has 144 valence electrons. The van der Waals surface area contributed by atoms with Gasteiger partial charge in [0, 0.05) is 18.4 Å². The molecule has 27 heavy (non-hydrogen) atoms. The maximum atomic E-state index is 10.5. The predicted molar refractivity (Wildman–Crippen MR) is 111 cm³/mol. The number of allylic oxidation sites excluding steroid dienone is 6. The molecule has 1 aromatic rings. The molecule has 0 aliphatic carbocycles. The lowest BCUT2D eigenvalue weighted by molar-refractivity contribution is -0.107. The fraction of sp³-hybridized carbons (Fsp3) is 0.348. The Morgan fingerprint density at radius 3 is 2.93 bits per heavy atom. The van der Waals surface area contributed by atoms with Gasteiger partial charge in [-0.2, -0.15) is 0 Å². The van der Waals surface area contributed by atoms with Crippen molar-refractivity contribution in [2.45, 2.75) is 32.3 Å². The van der Waals surface area contributed by atoms with Gasteiger partial charge >= 0.3 is 0 Å². The Morgan fingerprint density at radius 2 is 2.22 bits per heavy atom. The molecule has 0 amide bonds. The van der Waals surface area contributed by atoms with Crippen molar-refractivity contribution in [1.82, 2.24) is 5.32 Å². The van der Waals surface area contributed by atoms with Gasteiger partial charge in [0.15, 0.2) is 0 Å². The minimum Gasteiger partial charge on any atom is -0.497 e. The SMILES string of the molecule is C=C/C=C(\C/C=C\CC=O)C1=CC(CCNCC)Oc2ccc(OC)cc21. The maximum Gasteiger partial charge on any atom is 0.128 e. The van der Waals surface area contributed by atoms with E-state index in [1.807, 2.05) is 36.4 Å². The van der Waals surface area contributed by atoms with Crippen molar-refractivity contribution in [2.24, 2.45) is 0 Å². The van der Waals surface area contributed by atoms with Gasteiger partial charge < -0.3 is 19.6 Å². The number of nitrogens with one attached hydrogen (secondary N) is 1. The molecule has 0 aromatic heterocycles. The van der Waals surface area contributed by atoms with E-state index >= 15 is 0 Å². The Labute approximate surface area is 162 Å². The number of fused-ring (bicyclic) bond motifs is 1. The van der Waals surface area contributed by atoms with E-state index in [4.69, 9.17) is 9.47 Å². The molecule has 4 nitrogen and oxygen atoms in total. The van der Waals surface area contributed by atoms with Gasteiger partial charge in [-0.3, -0.25) is 0 Å². The summed E-state index contributed by atoms with van der Waals surface area (Å²) in [5.41, 5.74) is 3.29. The Morgan fingerprint density at radius 1 is 1.37 bits per heavy atom. The van der Waals surface area contributed by atoms with Crippen LogP contribution in [0.15, 0.2) is 60.7 Å². The van der Waals surface area contributed by atoms with Crippen molar-refractivity contribution < 1.29 is 14.3 Å². The summed E-state index contributed by atoms with van der Waals surface area (Å²) in [6, 6.07) is 5.90. The Balaban J connectivity index is 2.37. The highest BCUT2D eigenvalue weighted by molar-refractivity contribution is 5.84. The van der Waals surface area contributed by atoms with Crippen LogP contribution in [-0.4, -0.2) is 32.6 Å². The summed E-state index contributed by atoms with van der Waals surface area (Å²) in [5, 5.41) is 3.35. The van der Waals surface area contributed by atoms with E-state index in [-0.39, 0.29) is 6.10 Å². The smallest absolute Gasteiger partial charge is 0.128 e. The standard InChI is InChI=1S/C23H29NO3/c1-4-9-18(10-7-6-8-15-25)21-17-20(13-14-24-5-2)27-23-12-11-19(26-3)16-22(21)23/h4,6-7,9,11-12,15-17,20,24H,1,5,8,10,13-14H2,2-3H3/b7-6-,18-9+. The van der Waals surface area contributed by atoms with Crippen LogP contribution in [0.4, 0.5) is 0 Å². The van der Waals surface area contributed by atoms with Crippen LogP contribution in [-0.2, 0) is 4.79 Å². The second-order valence-electron chi connectivity index (χ2n) is 6.25. The quantitative estimate of drug-likeness (QED) is 0.271. The van der Waals surface area contributed by atoms with Crippen molar-refractivity contribution in [1.29, 1.82) is 0 Å². The van der Waals surface area contributed by atoms with Crippen molar-refractivity contribution in [2.75, 3.05) is 20.2 Å². The first-order chi connectivity index (χ1) is 13.2. The van der Waals surface area contributed by atoms with Crippen LogP contribution in [0.5, 0.6) is 11.5 Å². The Bertz CT molecular complexity index is 731. The van der Waals surface area contributed by atoms with E-state index in [9.17, 15) is 4.79 Å². The Kier molecular flexibility index (Phi) is 8.59. The first kappa shape index (κ1) is 20.7. The summed E-state index contributed by atoms with van der Waals surface area (Å²) in [4.78, 5) is 10.5. The molecule has 0 bridgehead atoms. The van der Waals surface area contributed by atoms with Crippen molar-refractivity contribution in [3.63, 3.8) is 0 Å². The summed E-state index contributed by atoms with van der Waals surface area (Å²) in [5.74, 6) is 1.66. The first-order valence-electron chi connectivity index (χ1n) is 9.41. The molecular weight excluding hydrogens is 338 g/mol. The van der Waals surface area contributed by atoms with E-state index in [1.54, 1.807) is 13.2 Å². The van der Waals surface area contributed by atoms with Crippen molar-refractivity contribution in [3.05, 3.63) is 66.3 Å². The van der Waals surface area contributed by atoms with Gasteiger partial charge in [-0.15, -0.1) is 0 Å². The number of hydrogen-bond donors (Lipinski definition) is 1. The molecule has 1 heterocycles. The van der Waals surface area contributed by atoms with E-state index < -0.39 is 0 Å². The molecule has 0 fully saturated rings. The summed E-state index contributed by atoms with van der Waals surface area (Å²) < 4.78 is 11.6. The van der Waals surface area contributed by atoms with E-state index in [0.717, 1.165) is 60.4 Å². The second kappa shape index (κ2) is 11.2. The second-order valence-corrected chi connectivity index (χ2v) is 6.25.